The summed E-state index contributed by atoms with van der Waals surface area (Å²) >= 11 is 0. The zero-order valence-corrected chi connectivity index (χ0v) is 21.3. The second-order valence-corrected chi connectivity index (χ2v) is 9.99. The van der Waals surface area contributed by atoms with E-state index in [1.54, 1.807) is 6.92 Å². The van der Waals surface area contributed by atoms with Crippen LogP contribution in [0, 0.1) is 11.8 Å². The highest BCUT2D eigenvalue weighted by Crippen LogP contribution is 2.56. The summed E-state index contributed by atoms with van der Waals surface area (Å²) in [5.41, 5.74) is 0.489. The van der Waals surface area contributed by atoms with E-state index >= 15 is 0 Å². The van der Waals surface area contributed by atoms with Crippen molar-refractivity contribution in [3.05, 3.63) is 58.6 Å². The van der Waals surface area contributed by atoms with Gasteiger partial charge in [0.15, 0.2) is 17.1 Å². The predicted octanol–water partition coefficient (Wildman–Crippen LogP) is 0.387. The van der Waals surface area contributed by atoms with Crippen LogP contribution in [0.1, 0.15) is 28.8 Å². The van der Waals surface area contributed by atoms with E-state index in [1.165, 1.54) is 37.2 Å². The number of hydrogen-bond donors (Lipinski definition) is 7. The van der Waals surface area contributed by atoms with Crippen LogP contribution >= 0.6 is 0 Å². The van der Waals surface area contributed by atoms with Crippen LogP contribution < -0.4 is 11.1 Å². The number of hydrogen-bond acceptors (Lipinski definition) is 11. The van der Waals surface area contributed by atoms with Crippen LogP contribution in [0.15, 0.2) is 47.5 Å². The first-order valence-electron chi connectivity index (χ1n) is 11.9. The fraction of sp³-hybridized carbons (Fsp3) is 0.385. The van der Waals surface area contributed by atoms with Crippen LogP contribution in [0.2, 0.25) is 0 Å². The summed E-state index contributed by atoms with van der Waals surface area (Å²) < 4.78 is 4.83. The molecular weight excluding hydrogens is 514 g/mol. The fourth-order valence-electron chi connectivity index (χ4n) is 6.00. The van der Waals surface area contributed by atoms with Gasteiger partial charge in [0.1, 0.15) is 23.7 Å². The Hall–Kier alpha value is -4.20. The summed E-state index contributed by atoms with van der Waals surface area (Å²) in [4.78, 5) is 52.6. The van der Waals surface area contributed by atoms with Crippen LogP contribution in [-0.2, 0) is 14.3 Å². The Morgan fingerprint density at radius 1 is 1.23 bits per heavy atom. The molecule has 208 valence electrons. The van der Waals surface area contributed by atoms with Crippen molar-refractivity contribution < 1.29 is 49.4 Å². The summed E-state index contributed by atoms with van der Waals surface area (Å²) in [7, 11) is 2.91. The van der Waals surface area contributed by atoms with E-state index in [9.17, 15) is 44.7 Å². The number of likely N-dealkylation sites (N-methyl/N-ethyl adjacent to an activating group) is 1. The predicted molar refractivity (Wildman–Crippen MR) is 135 cm³/mol. The Balaban J connectivity index is 1.93. The van der Waals surface area contributed by atoms with Gasteiger partial charge in [-0.15, -0.1) is 0 Å². The van der Waals surface area contributed by atoms with Gasteiger partial charge in [0.2, 0.25) is 5.78 Å². The number of nitrogens with one attached hydrogen (secondary N) is 1. The molecule has 3 aliphatic rings. The molecule has 1 aromatic carbocycles. The Morgan fingerprint density at radius 3 is 2.44 bits per heavy atom. The minimum absolute atomic E-state index is 0.118. The van der Waals surface area contributed by atoms with Crippen molar-refractivity contribution >= 4 is 29.3 Å². The number of aliphatic hydroxyl groups is 4. The summed E-state index contributed by atoms with van der Waals surface area (Å²) in [5, 5.41) is 58.7. The third-order valence-electron chi connectivity index (χ3n) is 7.70. The van der Waals surface area contributed by atoms with Gasteiger partial charge in [-0.2, -0.15) is 0 Å². The van der Waals surface area contributed by atoms with Gasteiger partial charge in [-0.25, -0.2) is 4.79 Å². The average molecular weight is 544 g/mol. The van der Waals surface area contributed by atoms with Crippen molar-refractivity contribution in [2.24, 2.45) is 17.6 Å². The summed E-state index contributed by atoms with van der Waals surface area (Å²) in [6, 6.07) is 1.42. The molecule has 0 spiro atoms. The van der Waals surface area contributed by atoms with E-state index in [0.29, 0.717) is 0 Å². The average Bonchev–Trinajstić information content (AvgIpc) is 2.85. The van der Waals surface area contributed by atoms with Gasteiger partial charge in [0.25, 0.3) is 5.91 Å². The molecule has 0 unspecified atom stereocenters. The second-order valence-electron chi connectivity index (χ2n) is 9.99. The number of ether oxygens (including phenoxy) is 1. The van der Waals surface area contributed by atoms with Gasteiger partial charge in [-0.3, -0.25) is 24.6 Å². The number of nitrogens with two attached hydrogens (primary N) is 1. The summed E-state index contributed by atoms with van der Waals surface area (Å²) in [6.07, 6.45) is -1.32. The minimum Gasteiger partial charge on any atom is -0.510 e. The maximum atomic E-state index is 13.8. The van der Waals surface area contributed by atoms with E-state index < -0.39 is 87.5 Å². The lowest BCUT2D eigenvalue weighted by Crippen LogP contribution is -2.68. The minimum atomic E-state index is -3.01. The van der Waals surface area contributed by atoms with Gasteiger partial charge in [0.05, 0.1) is 29.3 Å². The standard InChI is InChI=1S/C26H29N3O10/c1-5-8-39-25(37)28-11-7-6-10-9(2)12-14(19(31)13(10)18(11)30)22(34)26(38)16(20(12)32)17(29(3)4)21(33)15(23(26)35)24(27)36/h5-7,9,12,16-17,20,30,32-34,38H,1,8H2,2-4H3,(H2,27,36)(H,28,37)/t9-,12+,16+,17+,20-,26+/m0/s1. The molecular formula is C26H29N3O10. The molecule has 0 aliphatic heterocycles. The van der Waals surface area contributed by atoms with Crippen molar-refractivity contribution in [3.63, 3.8) is 0 Å². The Kier molecular flexibility index (Phi) is 6.79. The third kappa shape index (κ3) is 3.80. The zero-order valence-electron chi connectivity index (χ0n) is 21.3. The van der Waals surface area contributed by atoms with Crippen molar-refractivity contribution in [1.82, 2.24) is 4.90 Å². The van der Waals surface area contributed by atoms with Crippen LogP contribution in [0.25, 0.3) is 0 Å². The number of rotatable bonds is 5. The number of benzene rings is 1. The number of ketones is 2. The van der Waals surface area contributed by atoms with Crippen LogP contribution in [0.5, 0.6) is 5.75 Å². The molecule has 2 amide bonds. The molecule has 13 nitrogen and oxygen atoms in total. The smallest absolute Gasteiger partial charge is 0.412 e. The van der Waals surface area contributed by atoms with E-state index in [-0.39, 0.29) is 23.4 Å². The van der Waals surface area contributed by atoms with Gasteiger partial charge in [-0.05, 0) is 31.6 Å². The van der Waals surface area contributed by atoms with E-state index in [0.717, 1.165) is 0 Å². The number of fused-ring (bicyclic) bond motifs is 3. The van der Waals surface area contributed by atoms with Crippen molar-refractivity contribution in [2.45, 2.75) is 30.6 Å². The van der Waals surface area contributed by atoms with Gasteiger partial charge < -0.3 is 36.0 Å². The Bertz CT molecular complexity index is 1380. The Labute approximate surface area is 222 Å². The molecule has 6 atom stereocenters. The lowest BCUT2D eigenvalue weighted by molar-refractivity contribution is -0.162. The molecule has 8 N–H and O–H groups in total. The van der Waals surface area contributed by atoms with Gasteiger partial charge in [-0.1, -0.05) is 25.6 Å². The molecule has 0 fully saturated rings. The van der Waals surface area contributed by atoms with Gasteiger partial charge >= 0.3 is 6.09 Å². The maximum Gasteiger partial charge on any atom is 0.412 e. The first-order valence-corrected chi connectivity index (χ1v) is 11.9. The lowest BCUT2D eigenvalue weighted by atomic mass is 9.55. The van der Waals surface area contributed by atoms with E-state index in [2.05, 4.69) is 11.9 Å². The molecule has 39 heavy (non-hydrogen) atoms. The van der Waals surface area contributed by atoms with E-state index in [4.69, 9.17) is 10.5 Å². The highest BCUT2D eigenvalue weighted by molar-refractivity contribution is 6.25. The Morgan fingerprint density at radius 2 is 1.87 bits per heavy atom. The number of aliphatic hydroxyl groups excluding tert-OH is 3. The number of carbonyl (C=O) groups is 4. The lowest BCUT2D eigenvalue weighted by Gasteiger charge is -2.53. The number of primary amides is 1. The van der Waals surface area contributed by atoms with Crippen molar-refractivity contribution in [2.75, 3.05) is 26.0 Å². The van der Waals surface area contributed by atoms with Crippen molar-refractivity contribution in [3.8, 4) is 5.75 Å². The highest BCUT2D eigenvalue weighted by atomic mass is 16.5. The fourth-order valence-corrected chi connectivity index (χ4v) is 6.00. The van der Waals surface area contributed by atoms with E-state index in [1.807, 2.05) is 0 Å². The molecule has 0 saturated heterocycles. The third-order valence-corrected chi connectivity index (χ3v) is 7.70. The molecule has 13 heteroatoms. The summed E-state index contributed by atoms with van der Waals surface area (Å²) in [5.74, 6) is -10.0. The molecule has 0 saturated carbocycles. The first kappa shape index (κ1) is 27.8. The topological polar surface area (TPSA) is 220 Å². The molecule has 0 bridgehead atoms. The molecule has 4 rings (SSSR count). The molecule has 0 heterocycles. The number of carbonyl (C=O) groups excluding carboxylic acids is 4. The van der Waals surface area contributed by atoms with Crippen LogP contribution in [0.4, 0.5) is 10.5 Å². The zero-order chi connectivity index (χ0) is 29.1. The molecule has 3 aliphatic carbocycles. The SMILES string of the molecule is C=CCOC(=O)Nc1ccc2c(c1O)C(=O)C1=C(O)[C@@]3(O)C(=O)C(C(N)=O)=C(O)[C@H](N(C)C)[C@@H]3[C@@H](O)[C@@H]1[C@H]2C. The molecule has 0 radical (unpaired) electrons. The largest absolute Gasteiger partial charge is 0.510 e. The number of aromatic hydroxyl groups is 1. The number of amides is 2. The number of phenols is 1. The quantitative estimate of drug-likeness (QED) is 0.153. The normalized spacial score (nSPS) is 29.9. The molecule has 0 aromatic heterocycles. The van der Waals surface area contributed by atoms with Crippen LogP contribution in [-0.4, -0.2) is 92.4 Å². The number of nitrogens with zero attached hydrogens (tertiary/aromatic N) is 1. The maximum absolute atomic E-state index is 13.8. The monoisotopic (exact) mass is 543 g/mol. The number of phenolic OH excluding ortho intramolecular Hbond substituents is 1. The van der Waals surface area contributed by atoms with Crippen LogP contribution in [0.3, 0.4) is 0 Å². The van der Waals surface area contributed by atoms with Gasteiger partial charge in [0, 0.05) is 11.5 Å². The number of Topliss-reactive ketones (excluding diaryl/α,β-unsaturated/α-hetero) is 2. The molecule has 1 aromatic rings. The highest BCUT2D eigenvalue weighted by Gasteiger charge is 2.67. The summed E-state index contributed by atoms with van der Waals surface area (Å²) in [6.45, 7) is 4.90. The first-order chi connectivity index (χ1) is 18.2. The van der Waals surface area contributed by atoms with Crippen molar-refractivity contribution in [1.29, 1.82) is 0 Å². The second kappa shape index (κ2) is 9.52. The number of anilines is 1.